The van der Waals surface area contributed by atoms with Crippen LogP contribution in [0.1, 0.15) is 25.0 Å². The predicted octanol–water partition coefficient (Wildman–Crippen LogP) is 1.65. The highest BCUT2D eigenvalue weighted by Gasteiger charge is 2.41. The maximum Gasteiger partial charge on any atom is 0.226 e. The average molecular weight is 274 g/mol. The van der Waals surface area contributed by atoms with Gasteiger partial charge in [-0.1, -0.05) is 17.3 Å². The first-order chi connectivity index (χ1) is 9.72. The fourth-order valence-corrected chi connectivity index (χ4v) is 2.50. The summed E-state index contributed by atoms with van der Waals surface area (Å²) in [6.07, 6.45) is 3.16. The van der Waals surface area contributed by atoms with Crippen LogP contribution in [0, 0.1) is 5.41 Å². The first-order valence-electron chi connectivity index (χ1n) is 6.93. The Labute approximate surface area is 116 Å². The molecule has 1 aliphatic rings. The molecule has 0 unspecified atom stereocenters. The summed E-state index contributed by atoms with van der Waals surface area (Å²) < 4.78 is 5.18. The summed E-state index contributed by atoms with van der Waals surface area (Å²) in [7, 11) is 0. The lowest BCUT2D eigenvalue weighted by atomic mass is 10.0. The molecule has 0 bridgehead atoms. The van der Waals surface area contributed by atoms with Gasteiger partial charge in [0.25, 0.3) is 0 Å². The molecule has 0 saturated heterocycles. The third-order valence-corrected chi connectivity index (χ3v) is 4.04. The van der Waals surface area contributed by atoms with Crippen molar-refractivity contribution in [2.75, 3.05) is 13.2 Å². The minimum absolute atomic E-state index is 0.0479. The third-order valence-electron chi connectivity index (χ3n) is 4.04. The first-order valence-corrected chi connectivity index (χ1v) is 6.93. The molecule has 0 aliphatic heterocycles. The number of hydrogen-bond donors (Lipinski definition) is 2. The van der Waals surface area contributed by atoms with E-state index in [1.807, 2.05) is 24.3 Å². The van der Waals surface area contributed by atoms with Crippen LogP contribution < -0.4 is 5.32 Å². The van der Waals surface area contributed by atoms with Crippen LogP contribution in [-0.4, -0.2) is 29.3 Å². The van der Waals surface area contributed by atoms with Crippen LogP contribution in [-0.2, 0) is 11.2 Å². The smallest absolute Gasteiger partial charge is 0.226 e. The van der Waals surface area contributed by atoms with E-state index >= 15 is 0 Å². The molecule has 0 atom stereocenters. The SMILES string of the molecule is O=C(Cc1noc2ccccc12)NCC1(CCO)CC1. The first kappa shape index (κ1) is 13.1. The molecule has 0 spiro atoms. The van der Waals surface area contributed by atoms with Gasteiger partial charge in [0.15, 0.2) is 5.58 Å². The lowest BCUT2D eigenvalue weighted by Crippen LogP contribution is -2.31. The van der Waals surface area contributed by atoms with Crippen LogP contribution in [0.15, 0.2) is 28.8 Å². The Hall–Kier alpha value is -1.88. The number of aromatic nitrogens is 1. The molecule has 5 heteroatoms. The number of aliphatic hydroxyl groups excluding tert-OH is 1. The second-order valence-corrected chi connectivity index (χ2v) is 5.55. The van der Waals surface area contributed by atoms with Crippen LogP contribution in [0.4, 0.5) is 0 Å². The summed E-state index contributed by atoms with van der Waals surface area (Å²) in [5, 5.41) is 16.8. The summed E-state index contributed by atoms with van der Waals surface area (Å²) in [4.78, 5) is 12.0. The number of nitrogens with one attached hydrogen (secondary N) is 1. The Morgan fingerprint density at radius 2 is 2.20 bits per heavy atom. The van der Waals surface area contributed by atoms with Crippen molar-refractivity contribution in [3.63, 3.8) is 0 Å². The van der Waals surface area contributed by atoms with Crippen molar-refractivity contribution in [2.24, 2.45) is 5.41 Å². The van der Waals surface area contributed by atoms with Gasteiger partial charge >= 0.3 is 0 Å². The maximum absolute atomic E-state index is 12.0. The molecule has 1 heterocycles. The van der Waals surface area contributed by atoms with Crippen molar-refractivity contribution in [1.82, 2.24) is 10.5 Å². The van der Waals surface area contributed by atoms with Crippen LogP contribution in [0.2, 0.25) is 0 Å². The number of aliphatic hydroxyl groups is 1. The summed E-state index contributed by atoms with van der Waals surface area (Å²) >= 11 is 0. The van der Waals surface area contributed by atoms with Gasteiger partial charge in [-0.15, -0.1) is 0 Å². The van der Waals surface area contributed by atoms with Crippen molar-refractivity contribution >= 4 is 16.9 Å². The van der Waals surface area contributed by atoms with Gasteiger partial charge in [0.05, 0.1) is 6.42 Å². The van der Waals surface area contributed by atoms with Crippen LogP contribution in [0.25, 0.3) is 11.0 Å². The molecule has 1 fully saturated rings. The van der Waals surface area contributed by atoms with E-state index in [9.17, 15) is 4.79 Å². The Kier molecular flexibility index (Phi) is 3.44. The fourth-order valence-electron chi connectivity index (χ4n) is 2.50. The molecule has 20 heavy (non-hydrogen) atoms. The van der Waals surface area contributed by atoms with Gasteiger partial charge in [0, 0.05) is 18.5 Å². The molecule has 1 aromatic heterocycles. The highest BCUT2D eigenvalue weighted by Crippen LogP contribution is 2.47. The van der Waals surface area contributed by atoms with Gasteiger partial charge in [-0.3, -0.25) is 4.79 Å². The molecule has 2 N–H and O–H groups in total. The van der Waals surface area contributed by atoms with Crippen molar-refractivity contribution in [2.45, 2.75) is 25.7 Å². The molecule has 1 amide bonds. The molecule has 1 saturated carbocycles. The summed E-state index contributed by atoms with van der Waals surface area (Å²) in [5.41, 5.74) is 1.51. The van der Waals surface area contributed by atoms with Gasteiger partial charge in [0.1, 0.15) is 5.69 Å². The lowest BCUT2D eigenvalue weighted by Gasteiger charge is -2.14. The third kappa shape index (κ3) is 2.67. The molecular weight excluding hydrogens is 256 g/mol. The van der Waals surface area contributed by atoms with Gasteiger partial charge in [-0.05, 0) is 36.8 Å². The predicted molar refractivity (Wildman–Crippen MR) is 74.1 cm³/mol. The maximum atomic E-state index is 12.0. The van der Waals surface area contributed by atoms with E-state index in [0.717, 1.165) is 24.6 Å². The minimum Gasteiger partial charge on any atom is -0.396 e. The van der Waals surface area contributed by atoms with Crippen molar-refractivity contribution in [3.05, 3.63) is 30.0 Å². The van der Waals surface area contributed by atoms with Crippen molar-refractivity contribution in [1.29, 1.82) is 0 Å². The van der Waals surface area contributed by atoms with Gasteiger partial charge in [0.2, 0.25) is 5.91 Å². The summed E-state index contributed by atoms with van der Waals surface area (Å²) in [5.74, 6) is -0.0479. The van der Waals surface area contributed by atoms with Crippen LogP contribution in [0.3, 0.4) is 0 Å². The topological polar surface area (TPSA) is 75.4 Å². The zero-order chi connectivity index (χ0) is 14.0. The van der Waals surface area contributed by atoms with Gasteiger partial charge in [-0.25, -0.2) is 0 Å². The second kappa shape index (κ2) is 5.25. The van der Waals surface area contributed by atoms with E-state index in [2.05, 4.69) is 10.5 Å². The quantitative estimate of drug-likeness (QED) is 0.840. The second-order valence-electron chi connectivity index (χ2n) is 5.55. The molecule has 1 aliphatic carbocycles. The summed E-state index contributed by atoms with van der Waals surface area (Å²) in [6, 6.07) is 7.53. The zero-order valence-electron chi connectivity index (χ0n) is 11.3. The Bertz CT molecular complexity index is 616. The molecule has 5 nitrogen and oxygen atoms in total. The normalized spacial score (nSPS) is 16.2. The number of fused-ring (bicyclic) bond motifs is 1. The van der Waals surface area contributed by atoms with Gasteiger partial charge in [-0.2, -0.15) is 0 Å². The Morgan fingerprint density at radius 3 is 2.95 bits per heavy atom. The van der Waals surface area contributed by atoms with E-state index in [1.165, 1.54) is 0 Å². The largest absolute Gasteiger partial charge is 0.396 e. The molecular formula is C15H18N2O3. The molecule has 3 rings (SSSR count). The monoisotopic (exact) mass is 274 g/mol. The number of carbonyl (C=O) groups is 1. The number of nitrogens with zero attached hydrogens (tertiary/aromatic N) is 1. The molecule has 0 radical (unpaired) electrons. The van der Waals surface area contributed by atoms with E-state index in [0.29, 0.717) is 17.8 Å². The summed E-state index contributed by atoms with van der Waals surface area (Å²) in [6.45, 7) is 0.825. The number of para-hydroxylation sites is 1. The van der Waals surface area contributed by atoms with E-state index < -0.39 is 0 Å². The highest BCUT2D eigenvalue weighted by molar-refractivity contribution is 5.86. The average Bonchev–Trinajstić information content (AvgIpc) is 3.11. The zero-order valence-corrected chi connectivity index (χ0v) is 11.3. The minimum atomic E-state index is -0.0479. The van der Waals surface area contributed by atoms with E-state index in [4.69, 9.17) is 9.63 Å². The van der Waals surface area contributed by atoms with Crippen LogP contribution >= 0.6 is 0 Å². The van der Waals surface area contributed by atoms with E-state index in [-0.39, 0.29) is 24.3 Å². The number of carbonyl (C=O) groups excluding carboxylic acids is 1. The van der Waals surface area contributed by atoms with Crippen molar-refractivity contribution < 1.29 is 14.4 Å². The molecule has 1 aromatic carbocycles. The Balaban J connectivity index is 1.59. The standard InChI is InChI=1S/C15H18N2O3/c18-8-7-15(5-6-15)10-16-14(19)9-12-11-3-1-2-4-13(11)20-17-12/h1-4,18H,5-10H2,(H,16,19). The molecule has 2 aromatic rings. The number of hydrogen-bond acceptors (Lipinski definition) is 4. The lowest BCUT2D eigenvalue weighted by molar-refractivity contribution is -0.120. The number of benzene rings is 1. The van der Waals surface area contributed by atoms with Crippen molar-refractivity contribution in [3.8, 4) is 0 Å². The fraction of sp³-hybridized carbons (Fsp3) is 0.467. The molecule has 106 valence electrons. The van der Waals surface area contributed by atoms with E-state index in [1.54, 1.807) is 0 Å². The number of rotatable bonds is 6. The van der Waals surface area contributed by atoms with Gasteiger partial charge < -0.3 is 14.9 Å². The van der Waals surface area contributed by atoms with Crippen LogP contribution in [0.5, 0.6) is 0 Å². The number of amides is 1. The highest BCUT2D eigenvalue weighted by atomic mass is 16.5. The Morgan fingerprint density at radius 1 is 1.40 bits per heavy atom.